The molecule has 0 heterocycles. The highest BCUT2D eigenvalue weighted by molar-refractivity contribution is 6.13. The first-order chi connectivity index (χ1) is 18.6. The summed E-state index contributed by atoms with van der Waals surface area (Å²) in [6, 6.07) is 38.8. The summed E-state index contributed by atoms with van der Waals surface area (Å²) in [5, 5.41) is 5.06. The Kier molecular flexibility index (Phi) is 7.42. The van der Waals surface area contributed by atoms with Crippen molar-refractivity contribution in [1.82, 2.24) is 0 Å². The first kappa shape index (κ1) is 25.1. The van der Waals surface area contributed by atoms with Gasteiger partial charge in [-0.3, -0.25) is 0 Å². The van der Waals surface area contributed by atoms with Crippen molar-refractivity contribution in [3.05, 3.63) is 151 Å². The molecule has 0 saturated carbocycles. The van der Waals surface area contributed by atoms with Crippen molar-refractivity contribution in [2.24, 2.45) is 0 Å². The van der Waals surface area contributed by atoms with E-state index in [1.54, 1.807) is 0 Å². The fourth-order valence-electron chi connectivity index (χ4n) is 4.96. The quantitative estimate of drug-likeness (QED) is 0.120. The van der Waals surface area contributed by atoms with E-state index < -0.39 is 0 Å². The minimum Gasteiger partial charge on any atom is -0.348 e. The second-order valence-electron chi connectivity index (χ2n) is 9.69. The lowest BCUT2D eigenvalue weighted by atomic mass is 9.99. The highest BCUT2D eigenvalue weighted by Crippen LogP contribution is 2.35. The van der Waals surface area contributed by atoms with Gasteiger partial charge in [0, 0.05) is 47.3 Å². The molecule has 2 heteroatoms. The van der Waals surface area contributed by atoms with Crippen LogP contribution in [-0.2, 0) is 0 Å². The molecule has 0 aromatic heterocycles. The van der Waals surface area contributed by atoms with E-state index in [9.17, 15) is 0 Å². The number of fused-ring (bicyclic) bond motifs is 3. The highest BCUT2D eigenvalue weighted by Gasteiger charge is 2.14. The predicted octanol–water partition coefficient (Wildman–Crippen LogP) is 9.94. The molecule has 5 aromatic rings. The van der Waals surface area contributed by atoms with Gasteiger partial charge in [-0.1, -0.05) is 90.5 Å². The molecule has 0 spiro atoms. The summed E-state index contributed by atoms with van der Waals surface area (Å²) in [4.78, 5) is 4.60. The summed E-state index contributed by atoms with van der Waals surface area (Å²) < 4.78 is 0. The van der Waals surface area contributed by atoms with Gasteiger partial charge in [-0.2, -0.15) is 0 Å². The molecule has 0 aliphatic rings. The van der Waals surface area contributed by atoms with Crippen molar-refractivity contribution < 1.29 is 0 Å². The van der Waals surface area contributed by atoms with Gasteiger partial charge < -0.3 is 9.80 Å². The van der Waals surface area contributed by atoms with Crippen molar-refractivity contribution in [3.8, 4) is 0 Å². The van der Waals surface area contributed by atoms with E-state index in [0.717, 1.165) is 29.2 Å². The second-order valence-corrected chi connectivity index (χ2v) is 9.69. The minimum atomic E-state index is 0.745. The van der Waals surface area contributed by atoms with E-state index in [2.05, 4.69) is 159 Å². The van der Waals surface area contributed by atoms with Crippen LogP contribution in [0.2, 0.25) is 0 Å². The fourth-order valence-corrected chi connectivity index (χ4v) is 4.96. The molecule has 2 nitrogen and oxygen atoms in total. The molecule has 188 valence electrons. The Morgan fingerprint density at radius 2 is 1.32 bits per heavy atom. The molecule has 0 aliphatic heterocycles. The SMILES string of the molecule is C=CC/C(=C\C=C(/C)N(C)c1cc2ccccc2c2ccccc12)N(c1ccccc1)c1ccc(C)cc1. The Labute approximate surface area is 226 Å². The lowest BCUT2D eigenvalue weighted by Gasteiger charge is -2.28. The number of hydrogen-bond donors (Lipinski definition) is 0. The lowest BCUT2D eigenvalue weighted by Crippen LogP contribution is -2.17. The third-order valence-electron chi connectivity index (χ3n) is 7.10. The van der Waals surface area contributed by atoms with Crippen molar-refractivity contribution in [3.63, 3.8) is 0 Å². The molecule has 0 aliphatic carbocycles. The topological polar surface area (TPSA) is 6.48 Å². The summed E-state index contributed by atoms with van der Waals surface area (Å²) in [6.45, 7) is 8.35. The number of aryl methyl sites for hydroxylation is 1. The van der Waals surface area contributed by atoms with Gasteiger partial charge in [0.05, 0.1) is 0 Å². The molecule has 0 amide bonds. The van der Waals surface area contributed by atoms with Gasteiger partial charge in [0.15, 0.2) is 0 Å². The Morgan fingerprint density at radius 3 is 2.03 bits per heavy atom. The molecule has 0 unspecified atom stereocenters. The van der Waals surface area contributed by atoms with Gasteiger partial charge in [0.1, 0.15) is 0 Å². The van der Waals surface area contributed by atoms with Crippen LogP contribution in [0.25, 0.3) is 21.5 Å². The van der Waals surface area contributed by atoms with Gasteiger partial charge in [-0.05, 0) is 72.5 Å². The van der Waals surface area contributed by atoms with E-state index in [1.807, 2.05) is 6.08 Å². The van der Waals surface area contributed by atoms with Crippen LogP contribution >= 0.6 is 0 Å². The monoisotopic (exact) mass is 494 g/mol. The average molecular weight is 495 g/mol. The third kappa shape index (κ3) is 5.12. The molecule has 0 atom stereocenters. The summed E-state index contributed by atoms with van der Waals surface area (Å²) in [6.07, 6.45) is 7.16. The molecule has 5 aromatic carbocycles. The zero-order valence-electron chi connectivity index (χ0n) is 22.4. The van der Waals surface area contributed by atoms with Crippen molar-refractivity contribution >= 4 is 38.6 Å². The number of benzene rings is 5. The van der Waals surface area contributed by atoms with E-state index in [-0.39, 0.29) is 0 Å². The molecule has 0 saturated heterocycles. The summed E-state index contributed by atoms with van der Waals surface area (Å²) in [5.74, 6) is 0. The van der Waals surface area contributed by atoms with Gasteiger partial charge in [-0.25, -0.2) is 0 Å². The number of para-hydroxylation sites is 1. The normalized spacial score (nSPS) is 12.1. The molecule has 0 radical (unpaired) electrons. The first-order valence-electron chi connectivity index (χ1n) is 13.1. The van der Waals surface area contributed by atoms with Crippen LogP contribution in [0.3, 0.4) is 0 Å². The Morgan fingerprint density at radius 1 is 0.711 bits per heavy atom. The third-order valence-corrected chi connectivity index (χ3v) is 7.10. The maximum atomic E-state index is 4.06. The van der Waals surface area contributed by atoms with Crippen LogP contribution < -0.4 is 9.80 Å². The highest BCUT2D eigenvalue weighted by atomic mass is 15.1. The maximum Gasteiger partial charge on any atom is 0.0491 e. The van der Waals surface area contributed by atoms with Crippen molar-refractivity contribution in [1.29, 1.82) is 0 Å². The Bertz CT molecular complexity index is 1630. The Balaban J connectivity index is 1.58. The van der Waals surface area contributed by atoms with Crippen LogP contribution in [-0.4, -0.2) is 7.05 Å². The molecule has 38 heavy (non-hydrogen) atoms. The number of nitrogens with zero attached hydrogens (tertiary/aromatic N) is 2. The van der Waals surface area contributed by atoms with Crippen LogP contribution in [0.1, 0.15) is 18.9 Å². The number of anilines is 3. The largest absolute Gasteiger partial charge is 0.348 e. The fraction of sp³-hybridized carbons (Fsp3) is 0.111. The zero-order chi connectivity index (χ0) is 26.5. The molecular formula is C36H34N2. The van der Waals surface area contributed by atoms with E-state index in [1.165, 1.54) is 32.8 Å². The molecule has 0 bridgehead atoms. The van der Waals surface area contributed by atoms with Crippen LogP contribution in [0.15, 0.2) is 145 Å². The maximum absolute atomic E-state index is 4.06. The van der Waals surface area contributed by atoms with E-state index in [4.69, 9.17) is 0 Å². The Hall–Kier alpha value is -4.56. The molecular weight excluding hydrogens is 460 g/mol. The van der Waals surface area contributed by atoms with Gasteiger partial charge in [0.25, 0.3) is 0 Å². The lowest BCUT2D eigenvalue weighted by molar-refractivity contribution is 1.07. The summed E-state index contributed by atoms with van der Waals surface area (Å²) in [5.41, 5.74) is 7.02. The van der Waals surface area contributed by atoms with Crippen LogP contribution in [0.5, 0.6) is 0 Å². The zero-order valence-corrected chi connectivity index (χ0v) is 22.4. The van der Waals surface area contributed by atoms with Crippen molar-refractivity contribution in [2.45, 2.75) is 20.3 Å². The summed E-state index contributed by atoms with van der Waals surface area (Å²) in [7, 11) is 2.15. The van der Waals surface area contributed by atoms with Gasteiger partial charge in [-0.15, -0.1) is 6.58 Å². The average Bonchev–Trinajstić information content (AvgIpc) is 2.96. The number of rotatable bonds is 8. The van der Waals surface area contributed by atoms with Gasteiger partial charge >= 0.3 is 0 Å². The molecule has 5 rings (SSSR count). The first-order valence-corrected chi connectivity index (χ1v) is 13.1. The second kappa shape index (κ2) is 11.2. The van der Waals surface area contributed by atoms with Crippen LogP contribution in [0, 0.1) is 6.92 Å². The molecule has 0 N–H and O–H groups in total. The predicted molar refractivity (Wildman–Crippen MR) is 166 cm³/mol. The van der Waals surface area contributed by atoms with Gasteiger partial charge in [0.2, 0.25) is 0 Å². The minimum absolute atomic E-state index is 0.745. The summed E-state index contributed by atoms with van der Waals surface area (Å²) >= 11 is 0. The van der Waals surface area contributed by atoms with E-state index >= 15 is 0 Å². The number of allylic oxidation sites excluding steroid dienone is 4. The number of hydrogen-bond acceptors (Lipinski definition) is 2. The van der Waals surface area contributed by atoms with Crippen molar-refractivity contribution in [2.75, 3.05) is 16.8 Å². The van der Waals surface area contributed by atoms with Crippen LogP contribution in [0.4, 0.5) is 17.1 Å². The standard InChI is InChI=1S/C36H34N2/c1-5-13-30(38(31-15-7-6-8-16-31)32-23-20-27(2)21-24-32)25-22-28(3)37(4)36-26-29-14-9-10-17-33(29)34-18-11-12-19-35(34)36/h5-12,14-26H,1,13H2,2-4H3/b28-22+,30-25+. The smallest absolute Gasteiger partial charge is 0.0491 e. The van der Waals surface area contributed by atoms with E-state index in [0.29, 0.717) is 0 Å². The molecule has 0 fully saturated rings.